The molecular weight excluding hydrogens is 340 g/mol. The molecule has 0 aromatic carbocycles. The van der Waals surface area contributed by atoms with Gasteiger partial charge in [0.2, 0.25) is 0 Å². The number of hydrogen-bond acceptors (Lipinski definition) is 3. The summed E-state index contributed by atoms with van der Waals surface area (Å²) >= 11 is 3.37. The van der Waals surface area contributed by atoms with Gasteiger partial charge in [0.1, 0.15) is 11.6 Å². The van der Waals surface area contributed by atoms with Crippen molar-refractivity contribution in [3.63, 3.8) is 0 Å². The topological polar surface area (TPSA) is 71.8 Å². The standard InChI is InChI=1S/C14H19BrN2O4/c1-3-16-6-9(15)5-11(16)13(18)17(4-2)12-8-21-7-10(12)14(19)20/h5-6,10,12H,3-4,7-8H2,1-2H3,(H,19,20). The lowest BCUT2D eigenvalue weighted by molar-refractivity contribution is -0.142. The summed E-state index contributed by atoms with van der Waals surface area (Å²) in [7, 11) is 0. The number of halogens is 1. The number of rotatable bonds is 5. The van der Waals surface area contributed by atoms with Crippen molar-refractivity contribution in [3.05, 3.63) is 22.4 Å². The van der Waals surface area contributed by atoms with Crippen LogP contribution in [0.15, 0.2) is 16.7 Å². The van der Waals surface area contributed by atoms with Gasteiger partial charge in [-0.15, -0.1) is 0 Å². The number of carboxylic acid groups (broad SMARTS) is 1. The lowest BCUT2D eigenvalue weighted by Crippen LogP contribution is -2.47. The summed E-state index contributed by atoms with van der Waals surface area (Å²) in [6.45, 7) is 5.35. The fraction of sp³-hybridized carbons (Fsp3) is 0.571. The summed E-state index contributed by atoms with van der Waals surface area (Å²) in [5, 5.41) is 9.25. The van der Waals surface area contributed by atoms with Gasteiger partial charge in [-0.25, -0.2) is 0 Å². The molecule has 0 saturated carbocycles. The molecule has 2 unspecified atom stereocenters. The Morgan fingerprint density at radius 2 is 2.19 bits per heavy atom. The van der Waals surface area contributed by atoms with Crippen molar-refractivity contribution in [2.24, 2.45) is 5.92 Å². The van der Waals surface area contributed by atoms with Crippen LogP contribution in [0.5, 0.6) is 0 Å². The van der Waals surface area contributed by atoms with Crippen molar-refractivity contribution in [1.82, 2.24) is 9.47 Å². The smallest absolute Gasteiger partial charge is 0.311 e. The summed E-state index contributed by atoms with van der Waals surface area (Å²) in [6, 6.07) is 1.35. The molecule has 1 N–H and O–H groups in total. The molecule has 1 aliphatic heterocycles. The largest absolute Gasteiger partial charge is 0.481 e. The number of aliphatic carboxylic acids is 1. The average molecular weight is 359 g/mol. The van der Waals surface area contributed by atoms with E-state index in [0.717, 1.165) is 4.47 Å². The zero-order valence-corrected chi connectivity index (χ0v) is 13.7. The molecule has 0 radical (unpaired) electrons. The number of hydrogen-bond donors (Lipinski definition) is 1. The van der Waals surface area contributed by atoms with Gasteiger partial charge in [0.15, 0.2) is 0 Å². The highest BCUT2D eigenvalue weighted by atomic mass is 79.9. The van der Waals surface area contributed by atoms with E-state index in [0.29, 0.717) is 18.8 Å². The molecule has 0 bridgehead atoms. The molecule has 21 heavy (non-hydrogen) atoms. The summed E-state index contributed by atoms with van der Waals surface area (Å²) in [4.78, 5) is 25.6. The van der Waals surface area contributed by atoms with Crippen LogP contribution in [0.3, 0.4) is 0 Å². The molecule has 1 aromatic rings. The Balaban J connectivity index is 2.28. The van der Waals surface area contributed by atoms with E-state index < -0.39 is 17.9 Å². The number of carbonyl (C=O) groups excluding carboxylic acids is 1. The van der Waals surface area contributed by atoms with E-state index in [4.69, 9.17) is 4.74 Å². The number of likely N-dealkylation sites (N-methyl/N-ethyl adjacent to an activating group) is 1. The number of ether oxygens (including phenoxy) is 1. The SMILES string of the molecule is CCN(C(=O)c1cc(Br)cn1CC)C1COCC1C(=O)O. The maximum absolute atomic E-state index is 12.8. The Labute approximate surface area is 131 Å². The minimum Gasteiger partial charge on any atom is -0.481 e. The average Bonchev–Trinajstić information content (AvgIpc) is 3.05. The second-order valence-electron chi connectivity index (χ2n) is 4.97. The molecule has 1 aromatic heterocycles. The summed E-state index contributed by atoms with van der Waals surface area (Å²) in [6.07, 6.45) is 1.85. The predicted molar refractivity (Wildman–Crippen MR) is 80.2 cm³/mol. The highest BCUT2D eigenvalue weighted by Gasteiger charge is 2.40. The van der Waals surface area contributed by atoms with Crippen molar-refractivity contribution < 1.29 is 19.4 Å². The van der Waals surface area contributed by atoms with Gasteiger partial charge in [0.25, 0.3) is 5.91 Å². The minimum absolute atomic E-state index is 0.155. The first-order valence-corrected chi connectivity index (χ1v) is 7.76. The molecule has 7 heteroatoms. The van der Waals surface area contributed by atoms with E-state index >= 15 is 0 Å². The second-order valence-corrected chi connectivity index (χ2v) is 5.89. The maximum atomic E-state index is 12.8. The molecule has 6 nitrogen and oxygen atoms in total. The van der Waals surface area contributed by atoms with Crippen LogP contribution >= 0.6 is 15.9 Å². The summed E-state index contributed by atoms with van der Waals surface area (Å²) < 4.78 is 7.95. The number of aromatic nitrogens is 1. The van der Waals surface area contributed by atoms with Crippen LogP contribution in [0.25, 0.3) is 0 Å². The predicted octanol–water partition coefficient (Wildman–Crippen LogP) is 1.83. The van der Waals surface area contributed by atoms with Gasteiger partial charge in [0.05, 0.1) is 19.3 Å². The van der Waals surface area contributed by atoms with Gasteiger partial charge in [-0.2, -0.15) is 0 Å². The van der Waals surface area contributed by atoms with Crippen LogP contribution in [-0.4, -0.2) is 52.3 Å². The lowest BCUT2D eigenvalue weighted by atomic mass is 10.0. The van der Waals surface area contributed by atoms with Gasteiger partial charge >= 0.3 is 5.97 Å². The third kappa shape index (κ3) is 3.13. The van der Waals surface area contributed by atoms with Gasteiger partial charge in [-0.3, -0.25) is 9.59 Å². The van der Waals surface area contributed by atoms with Gasteiger partial charge in [-0.1, -0.05) is 0 Å². The van der Waals surface area contributed by atoms with E-state index in [1.807, 2.05) is 24.6 Å². The molecule has 0 aliphatic carbocycles. The first-order chi connectivity index (χ1) is 9.99. The summed E-state index contributed by atoms with van der Waals surface area (Å²) in [5.41, 5.74) is 0.558. The number of carbonyl (C=O) groups is 2. The monoisotopic (exact) mass is 358 g/mol. The van der Waals surface area contributed by atoms with Gasteiger partial charge in [-0.05, 0) is 35.8 Å². The van der Waals surface area contributed by atoms with Crippen molar-refractivity contribution in [2.45, 2.75) is 26.4 Å². The molecular formula is C14H19BrN2O4. The molecule has 0 spiro atoms. The van der Waals surface area contributed by atoms with Crippen molar-refractivity contribution in [3.8, 4) is 0 Å². The van der Waals surface area contributed by atoms with E-state index in [1.54, 1.807) is 11.0 Å². The highest BCUT2D eigenvalue weighted by Crippen LogP contribution is 2.23. The van der Waals surface area contributed by atoms with Crippen LogP contribution < -0.4 is 0 Å². The minimum atomic E-state index is -0.921. The van der Waals surface area contributed by atoms with Crippen LogP contribution in [0.1, 0.15) is 24.3 Å². The number of nitrogens with zero attached hydrogens (tertiary/aromatic N) is 2. The molecule has 2 rings (SSSR count). The van der Waals surface area contributed by atoms with Gasteiger partial charge < -0.3 is 19.3 Å². The maximum Gasteiger partial charge on any atom is 0.311 e. The molecule has 2 heterocycles. The Morgan fingerprint density at radius 3 is 2.76 bits per heavy atom. The molecule has 2 atom stereocenters. The zero-order chi connectivity index (χ0) is 15.6. The fourth-order valence-corrected chi connectivity index (χ4v) is 3.14. The van der Waals surface area contributed by atoms with Crippen LogP contribution in [0, 0.1) is 5.92 Å². The third-order valence-corrected chi connectivity index (χ3v) is 4.23. The highest BCUT2D eigenvalue weighted by molar-refractivity contribution is 9.10. The Hall–Kier alpha value is -1.34. The Kier molecular flexibility index (Phi) is 5.05. The van der Waals surface area contributed by atoms with Crippen LogP contribution in [0.4, 0.5) is 0 Å². The number of aryl methyl sites for hydroxylation is 1. The van der Waals surface area contributed by atoms with Crippen molar-refractivity contribution in [1.29, 1.82) is 0 Å². The third-order valence-electron chi connectivity index (χ3n) is 3.79. The van der Waals surface area contributed by atoms with Crippen LogP contribution in [-0.2, 0) is 16.1 Å². The Bertz CT molecular complexity index is 543. The van der Waals surface area contributed by atoms with E-state index in [1.165, 1.54) is 0 Å². The van der Waals surface area contributed by atoms with Crippen LogP contribution in [0.2, 0.25) is 0 Å². The van der Waals surface area contributed by atoms with E-state index in [-0.39, 0.29) is 19.1 Å². The Morgan fingerprint density at radius 1 is 1.48 bits per heavy atom. The first-order valence-electron chi connectivity index (χ1n) is 6.96. The normalized spacial score (nSPS) is 21.5. The molecule has 116 valence electrons. The molecule has 1 fully saturated rings. The van der Waals surface area contributed by atoms with E-state index in [2.05, 4.69) is 15.9 Å². The number of amides is 1. The second kappa shape index (κ2) is 6.62. The number of carboxylic acids is 1. The lowest BCUT2D eigenvalue weighted by Gasteiger charge is -2.29. The van der Waals surface area contributed by atoms with E-state index in [9.17, 15) is 14.7 Å². The van der Waals surface area contributed by atoms with Crippen molar-refractivity contribution >= 4 is 27.8 Å². The van der Waals surface area contributed by atoms with Gasteiger partial charge in [0, 0.05) is 23.8 Å². The first kappa shape index (κ1) is 16.0. The van der Waals surface area contributed by atoms with Crippen molar-refractivity contribution in [2.75, 3.05) is 19.8 Å². The fourth-order valence-electron chi connectivity index (χ4n) is 2.68. The molecule has 1 aliphatic rings. The quantitative estimate of drug-likeness (QED) is 0.871. The molecule has 1 amide bonds. The zero-order valence-electron chi connectivity index (χ0n) is 12.1. The summed E-state index contributed by atoms with van der Waals surface area (Å²) in [5.74, 6) is -1.75. The molecule has 1 saturated heterocycles.